The molecule has 0 spiro atoms. The Morgan fingerprint density at radius 1 is 1.50 bits per heavy atom. The molecule has 22 heavy (non-hydrogen) atoms. The van der Waals surface area contributed by atoms with Crippen LogP contribution in [0, 0.1) is 6.92 Å². The number of imidazole rings is 1. The van der Waals surface area contributed by atoms with Gasteiger partial charge in [0.15, 0.2) is 0 Å². The summed E-state index contributed by atoms with van der Waals surface area (Å²) < 4.78 is 2.02. The van der Waals surface area contributed by atoms with Crippen LogP contribution in [0.1, 0.15) is 41.5 Å². The van der Waals surface area contributed by atoms with E-state index in [4.69, 9.17) is 0 Å². The van der Waals surface area contributed by atoms with Crippen LogP contribution in [-0.2, 0) is 11.3 Å². The molecule has 3 rings (SSSR count). The number of carbonyl (C=O) groups excluding carboxylic acids is 1. The van der Waals surface area contributed by atoms with Gasteiger partial charge in [-0.05, 0) is 26.2 Å². The van der Waals surface area contributed by atoms with Crippen molar-refractivity contribution in [3.8, 4) is 0 Å². The fourth-order valence-electron chi connectivity index (χ4n) is 2.96. The zero-order chi connectivity index (χ0) is 15.4. The Hall–Kier alpha value is -1.69. The van der Waals surface area contributed by atoms with Gasteiger partial charge in [-0.3, -0.25) is 4.79 Å². The smallest absolute Gasteiger partial charge is 0.222 e. The molecular weight excluding hydrogens is 296 g/mol. The third kappa shape index (κ3) is 3.74. The predicted molar refractivity (Wildman–Crippen MR) is 86.9 cm³/mol. The van der Waals surface area contributed by atoms with Gasteiger partial charge in [-0.1, -0.05) is 0 Å². The number of hydrogen-bond donors (Lipinski definition) is 0. The average molecular weight is 318 g/mol. The number of thiazole rings is 1. The molecule has 0 radical (unpaired) electrons. The first kappa shape index (κ1) is 15.2. The lowest BCUT2D eigenvalue weighted by atomic mass is 9.98. The van der Waals surface area contributed by atoms with E-state index < -0.39 is 0 Å². The van der Waals surface area contributed by atoms with Gasteiger partial charge in [0.1, 0.15) is 0 Å². The summed E-state index contributed by atoms with van der Waals surface area (Å²) in [5.74, 6) is 0.697. The van der Waals surface area contributed by atoms with E-state index >= 15 is 0 Å². The monoisotopic (exact) mass is 318 g/mol. The fraction of sp³-hybridized carbons (Fsp3) is 0.562. The molecule has 1 aliphatic heterocycles. The molecule has 3 heterocycles. The first-order chi connectivity index (χ1) is 10.7. The Morgan fingerprint density at radius 2 is 2.41 bits per heavy atom. The maximum atomic E-state index is 12.4. The molecular formula is C16H22N4OS. The maximum absolute atomic E-state index is 12.4. The summed E-state index contributed by atoms with van der Waals surface area (Å²) in [7, 11) is 0. The average Bonchev–Trinajstić information content (AvgIpc) is 3.19. The van der Waals surface area contributed by atoms with Crippen molar-refractivity contribution >= 4 is 17.2 Å². The van der Waals surface area contributed by atoms with Crippen LogP contribution in [-0.4, -0.2) is 38.4 Å². The molecule has 1 saturated heterocycles. The Balaban J connectivity index is 1.49. The van der Waals surface area contributed by atoms with E-state index in [1.165, 1.54) is 9.88 Å². The van der Waals surface area contributed by atoms with Crippen LogP contribution in [0.4, 0.5) is 0 Å². The van der Waals surface area contributed by atoms with E-state index in [0.29, 0.717) is 12.3 Å². The number of rotatable bonds is 5. The van der Waals surface area contributed by atoms with Crippen molar-refractivity contribution in [2.24, 2.45) is 0 Å². The van der Waals surface area contributed by atoms with E-state index in [0.717, 1.165) is 38.9 Å². The fourth-order valence-corrected chi connectivity index (χ4v) is 3.86. The molecule has 0 aliphatic carbocycles. The summed E-state index contributed by atoms with van der Waals surface area (Å²) in [6.07, 6.45) is 11.1. The Kier molecular flexibility index (Phi) is 4.87. The van der Waals surface area contributed by atoms with Gasteiger partial charge in [0.2, 0.25) is 5.91 Å². The van der Waals surface area contributed by atoms with E-state index in [-0.39, 0.29) is 5.91 Å². The molecule has 0 bridgehead atoms. The molecule has 1 fully saturated rings. The zero-order valence-electron chi connectivity index (χ0n) is 12.9. The number of hydrogen-bond acceptors (Lipinski definition) is 4. The summed E-state index contributed by atoms with van der Waals surface area (Å²) in [6.45, 7) is 4.67. The van der Waals surface area contributed by atoms with Crippen LogP contribution >= 0.6 is 11.3 Å². The highest BCUT2D eigenvalue weighted by Gasteiger charge is 2.26. The Labute approximate surface area is 135 Å². The van der Waals surface area contributed by atoms with Gasteiger partial charge in [-0.15, -0.1) is 11.3 Å². The summed E-state index contributed by atoms with van der Waals surface area (Å²) >= 11 is 1.76. The number of aryl methyl sites for hydroxylation is 2. The molecule has 0 aromatic carbocycles. The zero-order valence-corrected chi connectivity index (χ0v) is 13.8. The number of carbonyl (C=O) groups is 1. The molecule has 1 amide bonds. The topological polar surface area (TPSA) is 51.0 Å². The van der Waals surface area contributed by atoms with Crippen LogP contribution in [0.25, 0.3) is 0 Å². The van der Waals surface area contributed by atoms with E-state index in [2.05, 4.69) is 16.9 Å². The molecule has 2 aromatic heterocycles. The van der Waals surface area contributed by atoms with Crippen molar-refractivity contribution in [2.45, 2.75) is 45.1 Å². The minimum atomic E-state index is 0.276. The number of likely N-dealkylation sites (tertiary alicyclic amines) is 1. The third-order valence-corrected chi connectivity index (χ3v) is 5.20. The second-order valence-corrected chi connectivity index (χ2v) is 7.16. The molecule has 0 unspecified atom stereocenters. The van der Waals surface area contributed by atoms with Crippen LogP contribution in [0.15, 0.2) is 24.9 Å². The third-order valence-electron chi connectivity index (χ3n) is 4.13. The van der Waals surface area contributed by atoms with Gasteiger partial charge in [-0.2, -0.15) is 0 Å². The molecule has 2 aromatic rings. The van der Waals surface area contributed by atoms with Gasteiger partial charge in [0, 0.05) is 55.4 Å². The Bertz CT molecular complexity index is 607. The van der Waals surface area contributed by atoms with Gasteiger partial charge >= 0.3 is 0 Å². The quantitative estimate of drug-likeness (QED) is 0.852. The van der Waals surface area contributed by atoms with E-state index in [1.54, 1.807) is 23.9 Å². The lowest BCUT2D eigenvalue weighted by Gasteiger charge is -2.32. The number of amides is 1. The van der Waals surface area contributed by atoms with Gasteiger partial charge in [-0.25, -0.2) is 9.97 Å². The molecule has 6 heteroatoms. The Morgan fingerprint density at radius 3 is 3.14 bits per heavy atom. The second kappa shape index (κ2) is 7.05. The SMILES string of the molecule is Cc1cnc([C@H]2CCCN(C(=O)CCCn3ccnc3)C2)s1. The minimum absolute atomic E-state index is 0.276. The second-order valence-electron chi connectivity index (χ2n) is 5.89. The van der Waals surface area contributed by atoms with Gasteiger partial charge < -0.3 is 9.47 Å². The van der Waals surface area contributed by atoms with Crippen LogP contribution in [0.2, 0.25) is 0 Å². The molecule has 5 nitrogen and oxygen atoms in total. The van der Waals surface area contributed by atoms with Crippen LogP contribution < -0.4 is 0 Å². The summed E-state index contributed by atoms with van der Waals surface area (Å²) in [6, 6.07) is 0. The van der Waals surface area contributed by atoms with Gasteiger partial charge in [0.05, 0.1) is 11.3 Å². The molecule has 0 saturated carbocycles. The van der Waals surface area contributed by atoms with Crippen molar-refractivity contribution in [3.63, 3.8) is 0 Å². The maximum Gasteiger partial charge on any atom is 0.222 e. The largest absolute Gasteiger partial charge is 0.342 e. The number of piperidine rings is 1. The standard InChI is InChI=1S/C16H22N4OS/c1-13-10-18-16(22-13)14-4-2-8-20(11-14)15(21)5-3-7-19-9-6-17-12-19/h6,9-10,12,14H,2-5,7-8,11H2,1H3/t14-/m0/s1. The van der Waals surface area contributed by atoms with Crippen molar-refractivity contribution in [3.05, 3.63) is 34.8 Å². The van der Waals surface area contributed by atoms with E-state index in [1.807, 2.05) is 21.9 Å². The van der Waals surface area contributed by atoms with Crippen molar-refractivity contribution in [1.82, 2.24) is 19.4 Å². The van der Waals surface area contributed by atoms with Crippen molar-refractivity contribution in [1.29, 1.82) is 0 Å². The molecule has 1 aliphatic rings. The molecule has 0 N–H and O–H groups in total. The summed E-state index contributed by atoms with van der Waals surface area (Å²) in [5, 5.41) is 1.19. The summed E-state index contributed by atoms with van der Waals surface area (Å²) in [5.41, 5.74) is 0. The highest BCUT2D eigenvalue weighted by molar-refractivity contribution is 7.11. The van der Waals surface area contributed by atoms with Crippen LogP contribution in [0.5, 0.6) is 0 Å². The van der Waals surface area contributed by atoms with Crippen LogP contribution in [0.3, 0.4) is 0 Å². The lowest BCUT2D eigenvalue weighted by molar-refractivity contribution is -0.132. The minimum Gasteiger partial charge on any atom is -0.342 e. The first-order valence-electron chi connectivity index (χ1n) is 7.88. The summed E-state index contributed by atoms with van der Waals surface area (Å²) in [4.78, 5) is 24.2. The molecule has 1 atom stereocenters. The first-order valence-corrected chi connectivity index (χ1v) is 8.70. The number of aromatic nitrogens is 3. The van der Waals surface area contributed by atoms with Crippen molar-refractivity contribution in [2.75, 3.05) is 13.1 Å². The highest BCUT2D eigenvalue weighted by atomic mass is 32.1. The highest BCUT2D eigenvalue weighted by Crippen LogP contribution is 2.30. The lowest BCUT2D eigenvalue weighted by Crippen LogP contribution is -2.39. The number of nitrogens with zero attached hydrogens (tertiary/aromatic N) is 4. The van der Waals surface area contributed by atoms with Gasteiger partial charge in [0.25, 0.3) is 0 Å². The van der Waals surface area contributed by atoms with E-state index in [9.17, 15) is 4.79 Å². The molecule has 118 valence electrons. The normalized spacial score (nSPS) is 18.6. The predicted octanol–water partition coefficient (Wildman–Crippen LogP) is 2.83. The van der Waals surface area contributed by atoms with Crippen molar-refractivity contribution < 1.29 is 4.79 Å².